The fourth-order valence-electron chi connectivity index (χ4n) is 1.93. The highest BCUT2D eigenvalue weighted by Gasteiger charge is 2.05. The number of carbonyl (C=O) groups is 1. The van der Waals surface area contributed by atoms with Gasteiger partial charge in [0.25, 0.3) is 0 Å². The van der Waals surface area contributed by atoms with E-state index in [1.54, 1.807) is 7.11 Å². The van der Waals surface area contributed by atoms with Crippen LogP contribution in [0.2, 0.25) is 0 Å². The number of carboxylic acids is 1. The summed E-state index contributed by atoms with van der Waals surface area (Å²) in [7, 11) is 1.64. The summed E-state index contributed by atoms with van der Waals surface area (Å²) in [6.45, 7) is 0. The Balaban J connectivity index is 2.16. The average molecular weight is 233 g/mol. The molecule has 2 rings (SSSR count). The topological polar surface area (TPSA) is 62.3 Å². The Hall–Kier alpha value is -1.97. The number of aromatic amines is 1. The first-order chi connectivity index (χ1) is 8.20. The van der Waals surface area contributed by atoms with E-state index in [1.165, 1.54) is 0 Å². The maximum Gasteiger partial charge on any atom is 0.303 e. The Morgan fingerprint density at radius 3 is 3.00 bits per heavy atom. The van der Waals surface area contributed by atoms with Gasteiger partial charge >= 0.3 is 5.97 Å². The third-order valence-electron chi connectivity index (χ3n) is 2.81. The normalized spacial score (nSPS) is 10.6. The summed E-state index contributed by atoms with van der Waals surface area (Å²) in [6, 6.07) is 5.85. The third-order valence-corrected chi connectivity index (χ3v) is 2.81. The van der Waals surface area contributed by atoms with Crippen LogP contribution in [0.4, 0.5) is 0 Å². The number of hydrogen-bond donors (Lipinski definition) is 2. The Morgan fingerprint density at radius 1 is 1.47 bits per heavy atom. The number of ether oxygens (including phenoxy) is 1. The molecule has 4 heteroatoms. The Labute approximate surface area is 99.2 Å². The highest BCUT2D eigenvalue weighted by Crippen LogP contribution is 2.24. The van der Waals surface area contributed by atoms with Crippen molar-refractivity contribution >= 4 is 16.9 Å². The van der Waals surface area contributed by atoms with Gasteiger partial charge in [-0.15, -0.1) is 0 Å². The standard InChI is InChI=1S/C13H15NO3/c1-17-10-5-6-11-9(3-2-4-13(15)16)8-14-12(11)7-10/h5-8,14H,2-4H2,1H3,(H,15,16). The van der Waals surface area contributed by atoms with Crippen molar-refractivity contribution in [1.29, 1.82) is 0 Å². The number of aromatic nitrogens is 1. The first-order valence-corrected chi connectivity index (χ1v) is 5.56. The molecule has 0 aliphatic carbocycles. The van der Waals surface area contributed by atoms with E-state index in [4.69, 9.17) is 9.84 Å². The van der Waals surface area contributed by atoms with E-state index in [1.807, 2.05) is 24.4 Å². The van der Waals surface area contributed by atoms with E-state index < -0.39 is 5.97 Å². The van der Waals surface area contributed by atoms with Crippen molar-refractivity contribution in [2.45, 2.75) is 19.3 Å². The van der Waals surface area contributed by atoms with Crippen LogP contribution in [0.5, 0.6) is 5.75 Å². The van der Waals surface area contributed by atoms with Crippen molar-refractivity contribution in [2.24, 2.45) is 0 Å². The molecule has 1 heterocycles. The molecule has 0 unspecified atom stereocenters. The number of carboxylic acid groups (broad SMARTS) is 1. The molecule has 17 heavy (non-hydrogen) atoms. The van der Waals surface area contributed by atoms with E-state index in [2.05, 4.69) is 4.98 Å². The first kappa shape index (κ1) is 11.5. The molecule has 0 fully saturated rings. The number of nitrogens with one attached hydrogen (secondary N) is 1. The van der Waals surface area contributed by atoms with Crippen LogP contribution < -0.4 is 4.74 Å². The summed E-state index contributed by atoms with van der Waals surface area (Å²) in [4.78, 5) is 13.6. The number of rotatable bonds is 5. The van der Waals surface area contributed by atoms with E-state index in [0.29, 0.717) is 6.42 Å². The van der Waals surface area contributed by atoms with Gasteiger partial charge in [0.1, 0.15) is 5.75 Å². The zero-order valence-corrected chi connectivity index (χ0v) is 9.69. The first-order valence-electron chi connectivity index (χ1n) is 5.56. The SMILES string of the molecule is COc1ccc2c(CCCC(=O)O)c[nH]c2c1. The molecule has 1 aromatic heterocycles. The van der Waals surface area contributed by atoms with Gasteiger partial charge in [0.15, 0.2) is 0 Å². The molecule has 0 spiro atoms. The molecule has 1 aromatic carbocycles. The molecule has 90 valence electrons. The van der Waals surface area contributed by atoms with Gasteiger partial charge in [0.2, 0.25) is 0 Å². The van der Waals surface area contributed by atoms with E-state index in [-0.39, 0.29) is 6.42 Å². The number of aliphatic carboxylic acids is 1. The van der Waals surface area contributed by atoms with E-state index >= 15 is 0 Å². The van der Waals surface area contributed by atoms with Crippen molar-refractivity contribution < 1.29 is 14.6 Å². The van der Waals surface area contributed by atoms with E-state index in [9.17, 15) is 4.79 Å². The van der Waals surface area contributed by atoms with Crippen LogP contribution in [0.3, 0.4) is 0 Å². The van der Waals surface area contributed by atoms with Gasteiger partial charge in [-0.2, -0.15) is 0 Å². The van der Waals surface area contributed by atoms with Gasteiger partial charge in [-0.3, -0.25) is 4.79 Å². The number of methoxy groups -OCH3 is 1. The third kappa shape index (κ3) is 2.58. The molecule has 0 bridgehead atoms. The molecule has 2 aromatic rings. The van der Waals surface area contributed by atoms with Crippen LogP contribution in [0.1, 0.15) is 18.4 Å². The van der Waals surface area contributed by atoms with Crippen molar-refractivity contribution in [1.82, 2.24) is 4.98 Å². The predicted octanol–water partition coefficient (Wildman–Crippen LogP) is 2.58. The lowest BCUT2D eigenvalue weighted by molar-refractivity contribution is -0.137. The van der Waals surface area contributed by atoms with Gasteiger partial charge in [-0.25, -0.2) is 0 Å². The molecule has 2 N–H and O–H groups in total. The van der Waals surface area contributed by atoms with Gasteiger partial charge in [-0.05, 0) is 30.5 Å². The molecule has 4 nitrogen and oxygen atoms in total. The Bertz CT molecular complexity index is 530. The lowest BCUT2D eigenvalue weighted by Gasteiger charge is -2.00. The number of fused-ring (bicyclic) bond motifs is 1. The van der Waals surface area contributed by atoms with Crippen LogP contribution in [-0.4, -0.2) is 23.2 Å². The summed E-state index contributed by atoms with van der Waals surface area (Å²) in [5.41, 5.74) is 2.18. The van der Waals surface area contributed by atoms with Gasteiger partial charge < -0.3 is 14.8 Å². The molecule has 0 saturated heterocycles. The van der Waals surface area contributed by atoms with Gasteiger partial charge in [0.05, 0.1) is 7.11 Å². The van der Waals surface area contributed by atoms with Gasteiger partial charge in [-0.1, -0.05) is 0 Å². The zero-order chi connectivity index (χ0) is 12.3. The molecule has 0 atom stereocenters. The quantitative estimate of drug-likeness (QED) is 0.834. The average Bonchev–Trinajstić information content (AvgIpc) is 2.71. The minimum atomic E-state index is -0.744. The largest absolute Gasteiger partial charge is 0.497 e. The second-order valence-corrected chi connectivity index (χ2v) is 3.97. The Kier molecular flexibility index (Phi) is 3.32. The summed E-state index contributed by atoms with van der Waals surface area (Å²) < 4.78 is 5.15. The molecule has 0 saturated carbocycles. The number of benzene rings is 1. The van der Waals surface area contributed by atoms with Crippen LogP contribution in [0, 0.1) is 0 Å². The van der Waals surface area contributed by atoms with Crippen LogP contribution in [0.25, 0.3) is 10.9 Å². The number of H-pyrrole nitrogens is 1. The summed E-state index contributed by atoms with van der Waals surface area (Å²) >= 11 is 0. The summed E-state index contributed by atoms with van der Waals surface area (Å²) in [5, 5.41) is 9.73. The van der Waals surface area contributed by atoms with Crippen molar-refractivity contribution in [3.05, 3.63) is 30.0 Å². The molecule has 0 amide bonds. The fourth-order valence-corrected chi connectivity index (χ4v) is 1.93. The van der Waals surface area contributed by atoms with Crippen molar-refractivity contribution in [2.75, 3.05) is 7.11 Å². The zero-order valence-electron chi connectivity index (χ0n) is 9.69. The highest BCUT2D eigenvalue weighted by molar-refractivity contribution is 5.84. The predicted molar refractivity (Wildman–Crippen MR) is 65.4 cm³/mol. The second-order valence-electron chi connectivity index (χ2n) is 3.97. The van der Waals surface area contributed by atoms with Gasteiger partial charge in [0, 0.05) is 29.6 Å². The summed E-state index contributed by atoms with van der Waals surface area (Å²) in [6.07, 6.45) is 3.59. The van der Waals surface area contributed by atoms with Crippen molar-refractivity contribution in [3.63, 3.8) is 0 Å². The van der Waals surface area contributed by atoms with Crippen LogP contribution in [-0.2, 0) is 11.2 Å². The minimum absolute atomic E-state index is 0.211. The molecule has 0 aliphatic heterocycles. The van der Waals surface area contributed by atoms with Crippen molar-refractivity contribution in [3.8, 4) is 5.75 Å². The monoisotopic (exact) mass is 233 g/mol. The van der Waals surface area contributed by atoms with E-state index in [0.717, 1.165) is 28.6 Å². The molecular formula is C13H15NO3. The maximum absolute atomic E-state index is 10.5. The highest BCUT2D eigenvalue weighted by atomic mass is 16.5. The lowest BCUT2D eigenvalue weighted by Crippen LogP contribution is -1.95. The molecule has 0 aliphatic rings. The fraction of sp³-hybridized carbons (Fsp3) is 0.308. The molecular weight excluding hydrogens is 218 g/mol. The molecule has 0 radical (unpaired) electrons. The summed E-state index contributed by atoms with van der Waals surface area (Å²) in [5.74, 6) is 0.0722. The lowest BCUT2D eigenvalue weighted by atomic mass is 10.1. The number of aryl methyl sites for hydroxylation is 1. The second kappa shape index (κ2) is 4.91. The van der Waals surface area contributed by atoms with Crippen LogP contribution >= 0.6 is 0 Å². The Morgan fingerprint density at radius 2 is 2.29 bits per heavy atom. The number of hydrogen-bond acceptors (Lipinski definition) is 2. The smallest absolute Gasteiger partial charge is 0.303 e. The van der Waals surface area contributed by atoms with Crippen LogP contribution in [0.15, 0.2) is 24.4 Å². The minimum Gasteiger partial charge on any atom is -0.497 e. The maximum atomic E-state index is 10.5.